The van der Waals surface area contributed by atoms with Crippen molar-refractivity contribution in [3.05, 3.63) is 23.2 Å². The van der Waals surface area contributed by atoms with Gasteiger partial charge in [0.15, 0.2) is 5.13 Å². The number of fused-ring (bicyclic) bond motifs is 1. The van der Waals surface area contributed by atoms with Crippen LogP contribution in [-0.4, -0.2) is 50.1 Å². The van der Waals surface area contributed by atoms with Gasteiger partial charge in [-0.15, -0.1) is 0 Å². The molecule has 1 fully saturated rings. The molecule has 0 amide bonds. The van der Waals surface area contributed by atoms with Crippen LogP contribution in [0.5, 0.6) is 0 Å². The fourth-order valence-electron chi connectivity index (χ4n) is 2.72. The van der Waals surface area contributed by atoms with Crippen LogP contribution in [0.15, 0.2) is 18.2 Å². The van der Waals surface area contributed by atoms with Crippen LogP contribution in [0, 0.1) is 0 Å². The van der Waals surface area contributed by atoms with Gasteiger partial charge in [0, 0.05) is 31.2 Å². The van der Waals surface area contributed by atoms with Gasteiger partial charge in [0.2, 0.25) is 10.0 Å². The maximum Gasteiger partial charge on any atom is 0.211 e. The number of aromatic nitrogens is 1. The lowest BCUT2D eigenvalue weighted by Crippen LogP contribution is -2.48. The molecule has 2 heterocycles. The van der Waals surface area contributed by atoms with Gasteiger partial charge in [-0.2, -0.15) is 0 Å². The Kier molecular flexibility index (Phi) is 4.33. The topological polar surface area (TPSA) is 53.5 Å². The molecule has 8 heteroatoms. The van der Waals surface area contributed by atoms with Crippen LogP contribution in [0.3, 0.4) is 0 Å². The van der Waals surface area contributed by atoms with Crippen LogP contribution >= 0.6 is 22.9 Å². The molecule has 1 aromatic carbocycles. The lowest BCUT2D eigenvalue weighted by Gasteiger charge is -2.36. The van der Waals surface area contributed by atoms with Crippen LogP contribution in [0.1, 0.15) is 12.8 Å². The second-order valence-corrected chi connectivity index (χ2v) is 9.12. The molecule has 5 nitrogen and oxygen atoms in total. The summed E-state index contributed by atoms with van der Waals surface area (Å²) < 4.78 is 26.0. The van der Waals surface area contributed by atoms with E-state index in [0.29, 0.717) is 11.6 Å². The fraction of sp³-hybridized carbons (Fsp3) is 0.500. The van der Waals surface area contributed by atoms with Crippen molar-refractivity contribution in [1.29, 1.82) is 0 Å². The number of rotatable bonds is 3. The minimum Gasteiger partial charge on any atom is -0.346 e. The molecular formula is C14H18ClN3O2S2. The smallest absolute Gasteiger partial charge is 0.211 e. The van der Waals surface area contributed by atoms with Crippen LogP contribution < -0.4 is 4.90 Å². The number of likely N-dealkylation sites (N-methyl/N-ethyl adjacent to an activating group) is 1. The van der Waals surface area contributed by atoms with E-state index in [2.05, 4.69) is 9.88 Å². The van der Waals surface area contributed by atoms with E-state index in [1.54, 1.807) is 18.4 Å². The van der Waals surface area contributed by atoms with Crippen molar-refractivity contribution in [3.8, 4) is 0 Å². The largest absolute Gasteiger partial charge is 0.346 e. The number of hydrogen-bond acceptors (Lipinski definition) is 5. The van der Waals surface area contributed by atoms with Crippen molar-refractivity contribution >= 4 is 48.3 Å². The van der Waals surface area contributed by atoms with E-state index in [-0.39, 0.29) is 6.04 Å². The molecule has 0 saturated carbocycles. The lowest BCUT2D eigenvalue weighted by molar-refractivity contribution is 0.322. The van der Waals surface area contributed by atoms with Crippen molar-refractivity contribution in [2.24, 2.45) is 0 Å². The van der Waals surface area contributed by atoms with Crippen molar-refractivity contribution < 1.29 is 8.42 Å². The molecule has 1 aliphatic rings. The van der Waals surface area contributed by atoms with E-state index in [1.807, 2.05) is 18.2 Å². The summed E-state index contributed by atoms with van der Waals surface area (Å²) in [5.41, 5.74) is 0.933. The molecule has 0 spiro atoms. The molecule has 1 saturated heterocycles. The second kappa shape index (κ2) is 5.96. The molecular weight excluding hydrogens is 342 g/mol. The molecule has 0 aliphatic carbocycles. The van der Waals surface area contributed by atoms with Gasteiger partial charge >= 0.3 is 0 Å². The highest BCUT2D eigenvalue weighted by atomic mass is 35.5. The van der Waals surface area contributed by atoms with Gasteiger partial charge in [-0.1, -0.05) is 22.9 Å². The minimum atomic E-state index is -3.17. The summed E-state index contributed by atoms with van der Waals surface area (Å²) in [7, 11) is -1.51. The quantitative estimate of drug-likeness (QED) is 0.845. The Balaban J connectivity index is 1.84. The molecule has 0 N–H and O–H groups in total. The fourth-order valence-corrected chi connectivity index (χ4v) is 4.71. The van der Waals surface area contributed by atoms with Crippen LogP contribution in [0.4, 0.5) is 5.13 Å². The number of nitrogens with zero attached hydrogens (tertiary/aromatic N) is 3. The van der Waals surface area contributed by atoms with E-state index < -0.39 is 10.0 Å². The van der Waals surface area contributed by atoms with Gasteiger partial charge in [0.1, 0.15) is 0 Å². The average Bonchev–Trinajstić information content (AvgIpc) is 2.88. The van der Waals surface area contributed by atoms with Crippen molar-refractivity contribution in [2.75, 3.05) is 31.3 Å². The van der Waals surface area contributed by atoms with Gasteiger partial charge in [0.05, 0.1) is 16.5 Å². The first-order valence-corrected chi connectivity index (χ1v) is 10.1. The molecule has 1 aromatic heterocycles. The summed E-state index contributed by atoms with van der Waals surface area (Å²) in [5.74, 6) is 0. The highest BCUT2D eigenvalue weighted by Crippen LogP contribution is 2.32. The predicted molar refractivity (Wildman–Crippen MR) is 92.5 cm³/mol. The summed E-state index contributed by atoms with van der Waals surface area (Å²) in [6.07, 6.45) is 3.10. The lowest BCUT2D eigenvalue weighted by atomic mass is 10.1. The zero-order valence-electron chi connectivity index (χ0n) is 12.5. The first-order chi connectivity index (χ1) is 10.3. The summed E-state index contributed by atoms with van der Waals surface area (Å²) >= 11 is 7.62. The minimum absolute atomic E-state index is 0.000602. The van der Waals surface area contributed by atoms with Crippen molar-refractivity contribution in [1.82, 2.24) is 9.29 Å². The Morgan fingerprint density at radius 3 is 2.95 bits per heavy atom. The third kappa shape index (κ3) is 3.22. The second-order valence-electron chi connectivity index (χ2n) is 5.63. The molecule has 1 atom stereocenters. The summed E-state index contributed by atoms with van der Waals surface area (Å²) in [6, 6.07) is 5.67. The van der Waals surface area contributed by atoms with E-state index in [0.717, 1.165) is 34.7 Å². The Labute approximate surface area is 139 Å². The van der Waals surface area contributed by atoms with Crippen LogP contribution in [-0.2, 0) is 10.0 Å². The Hall–Kier alpha value is -0.890. The van der Waals surface area contributed by atoms with E-state index >= 15 is 0 Å². The van der Waals surface area contributed by atoms with Gasteiger partial charge in [0.25, 0.3) is 0 Å². The van der Waals surface area contributed by atoms with E-state index in [1.165, 1.54) is 10.6 Å². The number of anilines is 1. The van der Waals surface area contributed by atoms with Crippen LogP contribution in [0.2, 0.25) is 5.02 Å². The van der Waals surface area contributed by atoms with E-state index in [4.69, 9.17) is 11.6 Å². The molecule has 1 unspecified atom stereocenters. The number of benzene rings is 1. The Morgan fingerprint density at radius 2 is 2.23 bits per heavy atom. The maximum absolute atomic E-state index is 11.7. The average molecular weight is 360 g/mol. The Morgan fingerprint density at radius 1 is 1.45 bits per heavy atom. The van der Waals surface area contributed by atoms with Crippen molar-refractivity contribution in [3.63, 3.8) is 0 Å². The highest BCUT2D eigenvalue weighted by Gasteiger charge is 2.29. The Bertz CT molecular complexity index is 790. The standard InChI is InChI=1S/C14H18ClN3O2S2/c1-17(22(2,19)20)11-4-3-7-18(9-11)14-16-12-6-5-10(15)8-13(12)21-14/h5-6,8,11H,3-4,7,9H2,1-2H3. The molecule has 22 heavy (non-hydrogen) atoms. The van der Waals surface area contributed by atoms with Crippen molar-refractivity contribution in [2.45, 2.75) is 18.9 Å². The first-order valence-electron chi connectivity index (χ1n) is 7.08. The third-order valence-electron chi connectivity index (χ3n) is 4.04. The molecule has 1 aliphatic heterocycles. The zero-order valence-corrected chi connectivity index (χ0v) is 14.9. The summed E-state index contributed by atoms with van der Waals surface area (Å²) in [6.45, 7) is 1.58. The highest BCUT2D eigenvalue weighted by molar-refractivity contribution is 7.88. The molecule has 3 rings (SSSR count). The number of thiazole rings is 1. The summed E-state index contributed by atoms with van der Waals surface area (Å²) in [4.78, 5) is 6.83. The number of sulfonamides is 1. The third-order valence-corrected chi connectivity index (χ3v) is 6.70. The van der Waals surface area contributed by atoms with Gasteiger partial charge in [-0.3, -0.25) is 0 Å². The first kappa shape index (κ1) is 16.0. The molecule has 120 valence electrons. The summed E-state index contributed by atoms with van der Waals surface area (Å²) in [5, 5.41) is 1.64. The van der Waals surface area contributed by atoms with Gasteiger partial charge in [-0.05, 0) is 31.0 Å². The predicted octanol–water partition coefficient (Wildman–Crippen LogP) is 2.81. The molecule has 0 bridgehead atoms. The monoisotopic (exact) mass is 359 g/mol. The van der Waals surface area contributed by atoms with Gasteiger partial charge in [-0.25, -0.2) is 17.7 Å². The van der Waals surface area contributed by atoms with Gasteiger partial charge < -0.3 is 4.90 Å². The van der Waals surface area contributed by atoms with E-state index in [9.17, 15) is 8.42 Å². The normalized spacial score (nSPS) is 20.0. The molecule has 0 radical (unpaired) electrons. The SMILES string of the molecule is CN(C1CCCN(c2nc3ccc(Cl)cc3s2)C1)S(C)(=O)=O. The number of hydrogen-bond donors (Lipinski definition) is 0. The zero-order chi connectivity index (χ0) is 15.9. The maximum atomic E-state index is 11.7. The van der Waals surface area contributed by atoms with Crippen LogP contribution in [0.25, 0.3) is 10.2 Å². The number of piperidine rings is 1. The number of halogens is 1. The molecule has 2 aromatic rings.